The molecule has 6 aromatic carbocycles. The van der Waals surface area contributed by atoms with E-state index in [1.54, 1.807) is 84.9 Å². The maximum atomic E-state index is 13.7. The third-order valence-corrected chi connectivity index (χ3v) is 12.5. The van der Waals surface area contributed by atoms with Crippen molar-refractivity contribution in [3.05, 3.63) is 164 Å². The van der Waals surface area contributed by atoms with Gasteiger partial charge in [-0.25, -0.2) is 0 Å². The molecule has 0 radical (unpaired) electrons. The van der Waals surface area contributed by atoms with Crippen LogP contribution in [0.5, 0.6) is 0 Å². The maximum absolute atomic E-state index is 13.7. The fourth-order valence-electron chi connectivity index (χ4n) is 6.86. The van der Waals surface area contributed by atoms with Gasteiger partial charge in [0.15, 0.2) is 0 Å². The number of hydrogen-bond acceptors (Lipinski definition) is 12. The van der Waals surface area contributed by atoms with Gasteiger partial charge in [0.05, 0.1) is 42.4 Å². The van der Waals surface area contributed by atoms with E-state index in [-0.39, 0.29) is 53.8 Å². The Morgan fingerprint density at radius 3 is 1.21 bits per heavy atom. The lowest BCUT2D eigenvalue weighted by Gasteiger charge is -2.14. The van der Waals surface area contributed by atoms with E-state index in [1.807, 2.05) is 0 Å². The molecule has 0 aliphatic heterocycles. The standard InChI is InChI=1S/C46H30Cl2N6O10S2/c47-35-21-25(9-19-37(35)51-53-39-23-27-5-1-3-7-33(27)41(43(39)55)45(57)49-29-11-15-31(16-12-29)65(59,60)61)26-10-20-38(36(48)22-26)52-54-40-24-28-6-2-4-8-34(28)42(44(40)56)46(58)50-30-13-17-32(18-14-30)66(62,63)64/h1-24,51-52H,(H,49,57)(H,50,58)(H,59,60,61)(H,62,63,64)/b53-39+,54-40+. The molecule has 16 nitrogen and oxygen atoms in total. The molecule has 2 aliphatic rings. The summed E-state index contributed by atoms with van der Waals surface area (Å²) in [7, 11) is -8.91. The van der Waals surface area contributed by atoms with Gasteiger partial charge in [0, 0.05) is 11.4 Å². The van der Waals surface area contributed by atoms with Gasteiger partial charge in [-0.05, 0) is 117 Å². The summed E-state index contributed by atoms with van der Waals surface area (Å²) in [5, 5.41) is 16.0. The zero-order valence-corrected chi connectivity index (χ0v) is 36.6. The Hall–Kier alpha value is -7.58. The van der Waals surface area contributed by atoms with E-state index in [0.717, 1.165) is 24.3 Å². The smallest absolute Gasteiger partial charge is 0.294 e. The van der Waals surface area contributed by atoms with Crippen molar-refractivity contribution >= 4 is 124 Å². The second kappa shape index (κ2) is 18.1. The Morgan fingerprint density at radius 1 is 0.500 bits per heavy atom. The molecule has 0 atom stereocenters. The molecular weight excluding hydrogens is 932 g/mol. The second-order valence-electron chi connectivity index (χ2n) is 14.4. The van der Waals surface area contributed by atoms with Gasteiger partial charge in [0.1, 0.15) is 11.4 Å². The number of ketones is 2. The van der Waals surface area contributed by atoms with Crippen LogP contribution >= 0.6 is 23.2 Å². The summed E-state index contributed by atoms with van der Waals surface area (Å²) in [4.78, 5) is 53.7. The van der Waals surface area contributed by atoms with Gasteiger partial charge in [-0.2, -0.15) is 27.0 Å². The molecule has 0 saturated carbocycles. The van der Waals surface area contributed by atoms with Crippen LogP contribution < -0.4 is 42.4 Å². The predicted octanol–water partition coefficient (Wildman–Crippen LogP) is 4.40. The molecule has 0 bridgehead atoms. The maximum Gasteiger partial charge on any atom is 0.294 e. The normalized spacial score (nSPS) is 14.7. The Kier molecular flexibility index (Phi) is 12.4. The fraction of sp³-hybridized carbons (Fsp3) is 0. The van der Waals surface area contributed by atoms with Gasteiger partial charge in [0.25, 0.3) is 32.1 Å². The molecule has 8 rings (SSSR count). The molecule has 66 heavy (non-hydrogen) atoms. The summed E-state index contributed by atoms with van der Waals surface area (Å²) in [6, 6.07) is 32.9. The first-order valence-electron chi connectivity index (χ1n) is 19.2. The summed E-state index contributed by atoms with van der Waals surface area (Å²) >= 11 is 13.3. The summed E-state index contributed by atoms with van der Waals surface area (Å²) in [5.74, 6) is -2.93. The largest absolute Gasteiger partial charge is 0.322 e. The number of carbonyl (C=O) groups is 4. The van der Waals surface area contributed by atoms with Crippen LogP contribution in [0.4, 0.5) is 22.7 Å². The highest BCUT2D eigenvalue weighted by Crippen LogP contribution is 2.33. The van der Waals surface area contributed by atoms with Gasteiger partial charge in [0.2, 0.25) is 11.6 Å². The summed E-state index contributed by atoms with van der Waals surface area (Å²) in [6.07, 6.45) is 3.03. The average Bonchev–Trinajstić information content (AvgIpc) is 3.28. The summed E-state index contributed by atoms with van der Waals surface area (Å²) in [6.45, 7) is 0. The molecule has 0 aromatic heterocycles. The van der Waals surface area contributed by atoms with Crippen LogP contribution in [-0.4, -0.2) is 60.7 Å². The molecule has 0 heterocycles. The van der Waals surface area contributed by atoms with E-state index >= 15 is 0 Å². The number of hydrazone groups is 2. The average molecular weight is 962 g/mol. The number of nitrogens with one attached hydrogen (secondary N) is 4. The third-order valence-electron chi connectivity index (χ3n) is 10.1. The quantitative estimate of drug-likeness (QED) is 0.0782. The van der Waals surface area contributed by atoms with Crippen molar-refractivity contribution in [3.8, 4) is 11.1 Å². The van der Waals surface area contributed by atoms with E-state index in [0.29, 0.717) is 43.4 Å². The van der Waals surface area contributed by atoms with Crippen molar-refractivity contribution < 1.29 is 45.1 Å². The Morgan fingerprint density at radius 2 is 0.864 bits per heavy atom. The number of benzene rings is 6. The molecule has 2 amide bonds. The minimum atomic E-state index is -4.45. The Bertz CT molecular complexity index is 3400. The number of halogens is 2. The topological polar surface area (TPSA) is 250 Å². The first-order chi connectivity index (χ1) is 31.4. The fourth-order valence-corrected chi connectivity index (χ4v) is 8.27. The van der Waals surface area contributed by atoms with Crippen molar-refractivity contribution in [1.82, 2.24) is 0 Å². The molecule has 6 N–H and O–H groups in total. The van der Waals surface area contributed by atoms with Crippen molar-refractivity contribution in [2.75, 3.05) is 21.5 Å². The molecule has 20 heteroatoms. The lowest BCUT2D eigenvalue weighted by Crippen LogP contribution is -2.41. The molecule has 0 fully saturated rings. The van der Waals surface area contributed by atoms with Gasteiger partial charge in [-0.1, -0.05) is 83.9 Å². The minimum Gasteiger partial charge on any atom is -0.322 e. The molecule has 330 valence electrons. The number of fused-ring (bicyclic) bond motifs is 2. The van der Waals surface area contributed by atoms with E-state index in [1.165, 1.54) is 36.4 Å². The highest BCUT2D eigenvalue weighted by atomic mass is 35.5. The predicted molar refractivity (Wildman–Crippen MR) is 251 cm³/mol. The number of carbonyl (C=O) groups excluding carboxylic acids is 4. The zero-order chi connectivity index (χ0) is 46.9. The van der Waals surface area contributed by atoms with Crippen LogP contribution in [0.25, 0.3) is 34.4 Å². The van der Waals surface area contributed by atoms with E-state index in [2.05, 4.69) is 31.7 Å². The molecule has 2 aliphatic carbocycles. The Labute approximate surface area is 384 Å². The molecule has 0 unspecified atom stereocenters. The number of Topliss-reactive ketones (excluding diaryl/α,β-unsaturated/α-hetero) is 2. The highest BCUT2D eigenvalue weighted by Gasteiger charge is 2.28. The monoisotopic (exact) mass is 960 g/mol. The van der Waals surface area contributed by atoms with Crippen LogP contribution in [0.3, 0.4) is 0 Å². The van der Waals surface area contributed by atoms with Gasteiger partial charge < -0.3 is 10.6 Å². The van der Waals surface area contributed by atoms with Crippen LogP contribution in [0.1, 0.15) is 0 Å². The number of amides is 2. The van der Waals surface area contributed by atoms with E-state index in [9.17, 15) is 45.1 Å². The summed E-state index contributed by atoms with van der Waals surface area (Å²) in [5.41, 5.74) is 7.30. The molecule has 0 saturated heterocycles. The second-order valence-corrected chi connectivity index (χ2v) is 18.0. The lowest BCUT2D eigenvalue weighted by molar-refractivity contribution is -0.115. The zero-order valence-electron chi connectivity index (χ0n) is 33.5. The van der Waals surface area contributed by atoms with Gasteiger partial charge in [-0.3, -0.25) is 39.1 Å². The van der Waals surface area contributed by atoms with Crippen molar-refractivity contribution in [2.45, 2.75) is 9.79 Å². The van der Waals surface area contributed by atoms with Gasteiger partial charge >= 0.3 is 0 Å². The number of rotatable bonds is 11. The van der Waals surface area contributed by atoms with Crippen LogP contribution in [0.15, 0.2) is 153 Å². The van der Waals surface area contributed by atoms with Crippen molar-refractivity contribution in [1.29, 1.82) is 0 Å². The summed E-state index contributed by atoms with van der Waals surface area (Å²) < 4.78 is 64.3. The SMILES string of the molecule is O=C(Nc1ccc(S(=O)(=O)O)cc1)C1=c2ccccc2=C/C(=N\Nc2ccc(-c3ccc(N/N=C4\C=c5ccccc5=C(C(=O)Nc5ccc(S(=O)(=O)O)cc5)C4=O)c(Cl)c3)cc2Cl)C1=O. The highest BCUT2D eigenvalue weighted by molar-refractivity contribution is 7.86. The first kappa shape index (κ1) is 45.0. The van der Waals surface area contributed by atoms with Crippen LogP contribution in [0.2, 0.25) is 10.0 Å². The van der Waals surface area contributed by atoms with Crippen molar-refractivity contribution in [2.24, 2.45) is 10.2 Å². The van der Waals surface area contributed by atoms with E-state index < -0.39 is 43.6 Å². The minimum absolute atomic E-state index is 0.0976. The molecule has 0 spiro atoms. The number of nitrogens with zero attached hydrogens (tertiary/aromatic N) is 2. The van der Waals surface area contributed by atoms with Crippen molar-refractivity contribution in [3.63, 3.8) is 0 Å². The Balaban J connectivity index is 0.968. The van der Waals surface area contributed by atoms with Crippen LogP contribution in [0, 0.1) is 0 Å². The van der Waals surface area contributed by atoms with E-state index in [4.69, 9.17) is 23.2 Å². The number of anilines is 4. The molecular formula is C46H30Cl2N6O10S2. The third kappa shape index (κ3) is 9.59. The molecule has 6 aromatic rings. The first-order valence-corrected chi connectivity index (χ1v) is 22.8. The van der Waals surface area contributed by atoms with Crippen LogP contribution in [-0.2, 0) is 39.4 Å². The lowest BCUT2D eigenvalue weighted by atomic mass is 9.96. The van der Waals surface area contributed by atoms with Gasteiger partial charge in [-0.15, -0.1) is 0 Å². The number of hydrogen-bond donors (Lipinski definition) is 6.